The lowest BCUT2D eigenvalue weighted by Crippen LogP contribution is -2.21. The fourth-order valence-electron chi connectivity index (χ4n) is 2.15. The molecule has 2 rings (SSSR count). The third-order valence-corrected chi connectivity index (χ3v) is 3.44. The quantitative estimate of drug-likeness (QED) is 0.830. The van der Waals surface area contributed by atoms with Gasteiger partial charge in [0.25, 0.3) is 0 Å². The van der Waals surface area contributed by atoms with Crippen LogP contribution in [0.5, 0.6) is 11.5 Å². The smallest absolute Gasteiger partial charge is 0.338 e. The minimum Gasteiger partial charge on any atom is -0.497 e. The lowest BCUT2D eigenvalue weighted by molar-refractivity contribution is -0.0135. The molecule has 2 atom stereocenters. The topological polar surface area (TPSA) is 65.0 Å². The second-order valence-corrected chi connectivity index (χ2v) is 5.07. The second kappa shape index (κ2) is 7.65. The van der Waals surface area contributed by atoms with E-state index in [1.165, 1.54) is 0 Å². The number of ether oxygens (including phenoxy) is 3. The van der Waals surface area contributed by atoms with Crippen molar-refractivity contribution in [2.24, 2.45) is 0 Å². The summed E-state index contributed by atoms with van der Waals surface area (Å²) in [6.07, 6.45) is -1.60. The molecule has 23 heavy (non-hydrogen) atoms. The molecular formula is C18H20O5. The fourth-order valence-corrected chi connectivity index (χ4v) is 2.15. The summed E-state index contributed by atoms with van der Waals surface area (Å²) in [5.41, 5.74) is 1.09. The third-order valence-electron chi connectivity index (χ3n) is 3.44. The Morgan fingerprint density at radius 1 is 0.913 bits per heavy atom. The van der Waals surface area contributed by atoms with Gasteiger partial charge in [-0.15, -0.1) is 0 Å². The number of aliphatic hydroxyl groups is 1. The van der Waals surface area contributed by atoms with E-state index in [-0.39, 0.29) is 0 Å². The van der Waals surface area contributed by atoms with Gasteiger partial charge >= 0.3 is 5.97 Å². The highest BCUT2D eigenvalue weighted by Gasteiger charge is 2.23. The number of carbonyl (C=O) groups excluding carboxylic acids is 1. The van der Waals surface area contributed by atoms with E-state index in [0.29, 0.717) is 22.6 Å². The van der Waals surface area contributed by atoms with E-state index < -0.39 is 18.2 Å². The minimum atomic E-state index is -0.842. The molecule has 2 aromatic rings. The minimum absolute atomic E-state index is 0.393. The summed E-state index contributed by atoms with van der Waals surface area (Å²) in [5, 5.41) is 9.94. The largest absolute Gasteiger partial charge is 0.497 e. The van der Waals surface area contributed by atoms with Gasteiger partial charge < -0.3 is 19.3 Å². The molecule has 0 aliphatic heterocycles. The predicted molar refractivity (Wildman–Crippen MR) is 85.8 cm³/mol. The van der Waals surface area contributed by atoms with Crippen LogP contribution in [-0.4, -0.2) is 31.4 Å². The average Bonchev–Trinajstić information content (AvgIpc) is 2.59. The maximum atomic E-state index is 12.3. The monoisotopic (exact) mass is 316 g/mol. The molecular weight excluding hydrogens is 296 g/mol. The first kappa shape index (κ1) is 16.8. The fraction of sp³-hybridized carbons (Fsp3) is 0.278. The molecule has 0 spiro atoms. The first-order valence-corrected chi connectivity index (χ1v) is 7.22. The summed E-state index contributed by atoms with van der Waals surface area (Å²) < 4.78 is 15.6. The van der Waals surface area contributed by atoms with E-state index in [1.54, 1.807) is 69.7 Å². The summed E-state index contributed by atoms with van der Waals surface area (Å²) in [4.78, 5) is 12.3. The van der Waals surface area contributed by atoms with Gasteiger partial charge in [0.1, 0.15) is 11.5 Å². The molecule has 0 aliphatic rings. The Morgan fingerprint density at radius 2 is 1.39 bits per heavy atom. The van der Waals surface area contributed by atoms with E-state index >= 15 is 0 Å². The molecule has 0 amide bonds. The van der Waals surface area contributed by atoms with Crippen LogP contribution in [0.3, 0.4) is 0 Å². The van der Waals surface area contributed by atoms with Crippen molar-refractivity contribution in [1.82, 2.24) is 0 Å². The maximum Gasteiger partial charge on any atom is 0.338 e. The summed E-state index contributed by atoms with van der Waals surface area (Å²) in [7, 11) is 3.13. The van der Waals surface area contributed by atoms with Crippen LogP contribution in [0.4, 0.5) is 0 Å². The van der Waals surface area contributed by atoms with Crippen LogP contribution in [0, 0.1) is 0 Å². The number of rotatable bonds is 6. The predicted octanol–water partition coefficient (Wildman–Crippen LogP) is 2.98. The summed E-state index contributed by atoms with van der Waals surface area (Å²) in [5.74, 6) is 0.845. The summed E-state index contributed by atoms with van der Waals surface area (Å²) in [6, 6.07) is 13.6. The van der Waals surface area contributed by atoms with E-state index in [4.69, 9.17) is 14.2 Å². The van der Waals surface area contributed by atoms with Crippen LogP contribution >= 0.6 is 0 Å². The molecule has 2 unspecified atom stereocenters. The second-order valence-electron chi connectivity index (χ2n) is 5.07. The SMILES string of the molecule is COc1ccc(C(=O)OC(c2ccc(OC)cc2)C(C)O)cc1. The van der Waals surface area contributed by atoms with Gasteiger partial charge in [-0.2, -0.15) is 0 Å². The van der Waals surface area contributed by atoms with Crippen molar-refractivity contribution < 1.29 is 24.1 Å². The van der Waals surface area contributed by atoms with Crippen molar-refractivity contribution >= 4 is 5.97 Å². The van der Waals surface area contributed by atoms with Crippen LogP contribution in [0.25, 0.3) is 0 Å². The molecule has 122 valence electrons. The number of carbonyl (C=O) groups is 1. The van der Waals surface area contributed by atoms with Gasteiger partial charge in [0, 0.05) is 0 Å². The Labute approximate surface area is 135 Å². The summed E-state index contributed by atoms with van der Waals surface area (Å²) >= 11 is 0. The number of hydrogen-bond acceptors (Lipinski definition) is 5. The standard InChI is InChI=1S/C18H20O5/c1-12(19)17(13-4-8-15(21-2)9-5-13)23-18(20)14-6-10-16(22-3)11-7-14/h4-12,17,19H,1-3H3. The highest BCUT2D eigenvalue weighted by molar-refractivity contribution is 5.89. The van der Waals surface area contributed by atoms with Gasteiger partial charge in [0.05, 0.1) is 25.9 Å². The van der Waals surface area contributed by atoms with Gasteiger partial charge in [-0.05, 0) is 48.9 Å². The number of benzene rings is 2. The van der Waals surface area contributed by atoms with Gasteiger partial charge in [-0.1, -0.05) is 12.1 Å². The Balaban J connectivity index is 2.15. The highest BCUT2D eigenvalue weighted by atomic mass is 16.6. The van der Waals surface area contributed by atoms with Crippen LogP contribution in [-0.2, 0) is 4.74 Å². The molecule has 5 heteroatoms. The van der Waals surface area contributed by atoms with Gasteiger partial charge in [-0.3, -0.25) is 0 Å². The van der Waals surface area contributed by atoms with Crippen molar-refractivity contribution in [3.63, 3.8) is 0 Å². The summed E-state index contributed by atoms with van der Waals surface area (Å²) in [6.45, 7) is 1.58. The van der Waals surface area contributed by atoms with Crippen molar-refractivity contribution in [3.8, 4) is 11.5 Å². The van der Waals surface area contributed by atoms with Crippen molar-refractivity contribution in [2.75, 3.05) is 14.2 Å². The first-order valence-electron chi connectivity index (χ1n) is 7.22. The lowest BCUT2D eigenvalue weighted by Gasteiger charge is -2.21. The zero-order chi connectivity index (χ0) is 16.8. The number of aliphatic hydroxyl groups excluding tert-OH is 1. The molecule has 0 saturated heterocycles. The van der Waals surface area contributed by atoms with E-state index in [2.05, 4.69) is 0 Å². The van der Waals surface area contributed by atoms with Crippen molar-refractivity contribution in [3.05, 3.63) is 59.7 Å². The van der Waals surface area contributed by atoms with Gasteiger partial charge in [-0.25, -0.2) is 4.79 Å². The van der Waals surface area contributed by atoms with Gasteiger partial charge in [0.15, 0.2) is 6.10 Å². The van der Waals surface area contributed by atoms with Crippen molar-refractivity contribution in [2.45, 2.75) is 19.1 Å². The molecule has 0 aliphatic carbocycles. The van der Waals surface area contributed by atoms with Crippen LogP contribution < -0.4 is 9.47 Å². The molecule has 0 heterocycles. The number of esters is 1. The Bertz CT molecular complexity index is 631. The van der Waals surface area contributed by atoms with Gasteiger partial charge in [0.2, 0.25) is 0 Å². The normalized spacial score (nSPS) is 13.0. The van der Waals surface area contributed by atoms with Crippen LogP contribution in [0.1, 0.15) is 28.9 Å². The van der Waals surface area contributed by atoms with E-state index in [0.717, 1.165) is 0 Å². The van der Waals surface area contributed by atoms with E-state index in [1.807, 2.05) is 0 Å². The first-order chi connectivity index (χ1) is 11.0. The number of methoxy groups -OCH3 is 2. The molecule has 0 bridgehead atoms. The molecule has 2 aromatic carbocycles. The maximum absolute atomic E-state index is 12.3. The molecule has 0 aromatic heterocycles. The molecule has 5 nitrogen and oxygen atoms in total. The molecule has 0 radical (unpaired) electrons. The zero-order valence-corrected chi connectivity index (χ0v) is 13.4. The van der Waals surface area contributed by atoms with E-state index in [9.17, 15) is 9.90 Å². The highest BCUT2D eigenvalue weighted by Crippen LogP contribution is 2.25. The lowest BCUT2D eigenvalue weighted by atomic mass is 10.0. The molecule has 0 saturated carbocycles. The average molecular weight is 316 g/mol. The molecule has 1 N–H and O–H groups in total. The zero-order valence-electron chi connectivity index (χ0n) is 13.4. The Morgan fingerprint density at radius 3 is 1.83 bits per heavy atom. The van der Waals surface area contributed by atoms with Crippen molar-refractivity contribution in [1.29, 1.82) is 0 Å². The van der Waals surface area contributed by atoms with Crippen LogP contribution in [0.2, 0.25) is 0 Å². The van der Waals surface area contributed by atoms with Crippen LogP contribution in [0.15, 0.2) is 48.5 Å². The third kappa shape index (κ3) is 4.23. The Hall–Kier alpha value is -2.53. The Kier molecular flexibility index (Phi) is 5.60. The molecule has 0 fully saturated rings. The number of hydrogen-bond donors (Lipinski definition) is 1.